The third-order valence-electron chi connectivity index (χ3n) is 7.03. The Morgan fingerprint density at radius 2 is 1.55 bits per heavy atom. The van der Waals surface area contributed by atoms with Crippen molar-refractivity contribution in [1.29, 1.82) is 0 Å². The predicted octanol–water partition coefficient (Wildman–Crippen LogP) is 5.96. The van der Waals surface area contributed by atoms with E-state index in [2.05, 4.69) is 11.0 Å². The maximum atomic E-state index is 15.0. The number of aromatic nitrogens is 1. The molecule has 0 N–H and O–H groups in total. The van der Waals surface area contributed by atoms with Gasteiger partial charge >= 0.3 is 0 Å². The second-order valence-electron chi connectivity index (χ2n) is 9.22. The van der Waals surface area contributed by atoms with E-state index in [9.17, 15) is 9.18 Å². The number of nitrogens with zero attached hydrogens (tertiary/aromatic N) is 3. The van der Waals surface area contributed by atoms with Crippen LogP contribution < -0.4 is 14.4 Å². The summed E-state index contributed by atoms with van der Waals surface area (Å²) in [6.45, 7) is 7.03. The van der Waals surface area contributed by atoms with Crippen LogP contribution in [0.1, 0.15) is 23.0 Å². The highest BCUT2D eigenvalue weighted by Gasteiger charge is 2.28. The molecule has 7 heteroatoms. The lowest BCUT2D eigenvalue weighted by Gasteiger charge is -2.36. The Labute approximate surface area is 222 Å². The van der Waals surface area contributed by atoms with Crippen LogP contribution in [0.5, 0.6) is 11.5 Å². The molecule has 0 aliphatic carbocycles. The zero-order chi connectivity index (χ0) is 26.6. The fourth-order valence-electron chi connectivity index (χ4n) is 5.06. The molecule has 1 amide bonds. The summed E-state index contributed by atoms with van der Waals surface area (Å²) in [5, 5.41) is 0. The van der Waals surface area contributed by atoms with Crippen LogP contribution in [0.2, 0.25) is 0 Å². The zero-order valence-corrected chi connectivity index (χ0v) is 22.0. The minimum atomic E-state index is -0.346. The maximum absolute atomic E-state index is 15.0. The van der Waals surface area contributed by atoms with E-state index in [-0.39, 0.29) is 11.7 Å². The molecule has 0 unspecified atom stereocenters. The monoisotopic (exact) mass is 513 g/mol. The first kappa shape index (κ1) is 25.4. The maximum Gasteiger partial charge on any atom is 0.255 e. The van der Waals surface area contributed by atoms with Gasteiger partial charge in [-0.1, -0.05) is 24.3 Å². The van der Waals surface area contributed by atoms with Crippen LogP contribution in [0.3, 0.4) is 0 Å². The SMILES string of the molecule is CCOc1ccccc1N1CCN(C(=O)c2cc(-c3ccc(OC)cc3)n(-c3ccccc3F)c2C)CC1. The number of piperazine rings is 1. The van der Waals surface area contributed by atoms with E-state index in [4.69, 9.17) is 9.47 Å². The molecule has 0 atom stereocenters. The van der Waals surface area contributed by atoms with Crippen LogP contribution in [0.25, 0.3) is 16.9 Å². The summed E-state index contributed by atoms with van der Waals surface area (Å²) in [4.78, 5) is 17.9. The van der Waals surface area contributed by atoms with E-state index < -0.39 is 0 Å². The molecule has 1 aromatic heterocycles. The van der Waals surface area contributed by atoms with Crippen LogP contribution in [0, 0.1) is 12.7 Å². The third kappa shape index (κ3) is 4.84. The Balaban J connectivity index is 1.45. The van der Waals surface area contributed by atoms with Gasteiger partial charge in [0.1, 0.15) is 17.3 Å². The first-order valence-corrected chi connectivity index (χ1v) is 12.9. The zero-order valence-electron chi connectivity index (χ0n) is 22.0. The summed E-state index contributed by atoms with van der Waals surface area (Å²) in [6.07, 6.45) is 0. The molecule has 1 saturated heterocycles. The van der Waals surface area contributed by atoms with E-state index in [0.29, 0.717) is 49.7 Å². The van der Waals surface area contributed by atoms with Crippen molar-refractivity contribution in [1.82, 2.24) is 9.47 Å². The molecule has 1 aliphatic rings. The van der Waals surface area contributed by atoms with Crippen LogP contribution in [-0.4, -0.2) is 55.3 Å². The summed E-state index contributed by atoms with van der Waals surface area (Å²) < 4.78 is 27.9. The van der Waals surface area contributed by atoms with Gasteiger partial charge in [-0.15, -0.1) is 0 Å². The average Bonchev–Trinajstić information content (AvgIpc) is 3.30. The summed E-state index contributed by atoms with van der Waals surface area (Å²) in [5.41, 5.74) is 4.35. The number of hydrogen-bond acceptors (Lipinski definition) is 4. The first-order valence-electron chi connectivity index (χ1n) is 12.9. The van der Waals surface area contributed by atoms with Gasteiger partial charge in [0, 0.05) is 31.9 Å². The molecule has 38 heavy (non-hydrogen) atoms. The number of halogens is 1. The topological polar surface area (TPSA) is 46.9 Å². The Kier molecular flexibility index (Phi) is 7.36. The Hall–Kier alpha value is -4.26. The largest absolute Gasteiger partial charge is 0.497 e. The van der Waals surface area contributed by atoms with Gasteiger partial charge in [0.15, 0.2) is 0 Å². The van der Waals surface area contributed by atoms with Crippen LogP contribution in [0.15, 0.2) is 78.9 Å². The average molecular weight is 514 g/mol. The second-order valence-corrected chi connectivity index (χ2v) is 9.22. The molecule has 4 aromatic rings. The standard InChI is InChI=1S/C31H32FN3O3/c1-4-38-30-12-8-7-11-28(30)33-17-19-34(20-18-33)31(36)25-21-29(23-13-15-24(37-3)16-14-23)35(22(25)2)27-10-6-5-9-26(27)32/h5-16,21H,4,17-20H2,1-3H3. The number of carbonyl (C=O) groups excluding carboxylic acids is 1. The second kappa shape index (κ2) is 11.0. The summed E-state index contributed by atoms with van der Waals surface area (Å²) in [5.74, 6) is 1.19. The first-order chi connectivity index (χ1) is 18.5. The van der Waals surface area contributed by atoms with Crippen molar-refractivity contribution in [2.75, 3.05) is 44.8 Å². The number of ether oxygens (including phenoxy) is 2. The Morgan fingerprint density at radius 1 is 0.895 bits per heavy atom. The predicted molar refractivity (Wildman–Crippen MR) is 148 cm³/mol. The smallest absolute Gasteiger partial charge is 0.255 e. The number of amides is 1. The summed E-state index contributed by atoms with van der Waals surface area (Å²) in [7, 11) is 1.62. The van der Waals surface area contributed by atoms with Gasteiger partial charge in [-0.05, 0) is 74.0 Å². The molecule has 1 aliphatic heterocycles. The van der Waals surface area contributed by atoms with E-state index in [1.165, 1.54) is 6.07 Å². The minimum Gasteiger partial charge on any atom is -0.497 e. The van der Waals surface area contributed by atoms with E-state index in [1.807, 2.05) is 71.8 Å². The number of anilines is 1. The van der Waals surface area contributed by atoms with Gasteiger partial charge in [-0.25, -0.2) is 4.39 Å². The molecule has 2 heterocycles. The molecule has 0 spiro atoms. The van der Waals surface area contributed by atoms with Gasteiger partial charge < -0.3 is 23.8 Å². The Morgan fingerprint density at radius 3 is 2.21 bits per heavy atom. The van der Waals surface area contributed by atoms with Gasteiger partial charge in [-0.3, -0.25) is 4.79 Å². The van der Waals surface area contributed by atoms with E-state index in [0.717, 1.165) is 28.4 Å². The van der Waals surface area contributed by atoms with Crippen molar-refractivity contribution in [2.45, 2.75) is 13.8 Å². The summed E-state index contributed by atoms with van der Waals surface area (Å²) >= 11 is 0. The van der Waals surface area contributed by atoms with E-state index >= 15 is 0 Å². The van der Waals surface area contributed by atoms with Crippen LogP contribution in [0.4, 0.5) is 10.1 Å². The van der Waals surface area contributed by atoms with Gasteiger partial charge in [0.2, 0.25) is 0 Å². The van der Waals surface area contributed by atoms with Crippen LogP contribution >= 0.6 is 0 Å². The highest BCUT2D eigenvalue weighted by Crippen LogP contribution is 2.33. The van der Waals surface area contributed by atoms with Crippen molar-refractivity contribution in [3.63, 3.8) is 0 Å². The summed E-state index contributed by atoms with van der Waals surface area (Å²) in [6, 6.07) is 24.1. The van der Waals surface area contributed by atoms with Crippen molar-refractivity contribution in [3.05, 3.63) is 95.9 Å². The lowest BCUT2D eigenvalue weighted by atomic mass is 10.1. The fourth-order valence-corrected chi connectivity index (χ4v) is 5.06. The van der Waals surface area contributed by atoms with Gasteiger partial charge in [-0.2, -0.15) is 0 Å². The van der Waals surface area contributed by atoms with Gasteiger partial charge in [0.25, 0.3) is 5.91 Å². The van der Waals surface area contributed by atoms with Crippen molar-refractivity contribution < 1.29 is 18.7 Å². The van der Waals surface area contributed by atoms with Gasteiger partial charge in [0.05, 0.1) is 36.3 Å². The molecular weight excluding hydrogens is 481 g/mol. The molecular formula is C31H32FN3O3. The molecule has 0 bridgehead atoms. The highest BCUT2D eigenvalue weighted by molar-refractivity contribution is 5.97. The molecule has 196 valence electrons. The molecule has 1 fully saturated rings. The number of carbonyl (C=O) groups is 1. The van der Waals surface area contributed by atoms with E-state index in [1.54, 1.807) is 25.3 Å². The normalized spacial score (nSPS) is 13.5. The molecule has 0 saturated carbocycles. The number of methoxy groups -OCH3 is 1. The minimum absolute atomic E-state index is 0.0508. The third-order valence-corrected chi connectivity index (χ3v) is 7.03. The Bertz CT molecular complexity index is 1420. The molecule has 3 aromatic carbocycles. The molecule has 5 rings (SSSR count). The lowest BCUT2D eigenvalue weighted by Crippen LogP contribution is -2.49. The van der Waals surface area contributed by atoms with Crippen molar-refractivity contribution >= 4 is 11.6 Å². The van der Waals surface area contributed by atoms with Crippen LogP contribution in [-0.2, 0) is 0 Å². The molecule has 0 radical (unpaired) electrons. The fraction of sp³-hybridized carbons (Fsp3) is 0.258. The number of rotatable bonds is 7. The number of para-hydroxylation sites is 3. The number of benzene rings is 3. The quantitative estimate of drug-likeness (QED) is 0.306. The number of hydrogen-bond donors (Lipinski definition) is 0. The van der Waals surface area contributed by atoms with Crippen molar-refractivity contribution in [3.8, 4) is 28.4 Å². The lowest BCUT2D eigenvalue weighted by molar-refractivity contribution is 0.0746. The molecule has 6 nitrogen and oxygen atoms in total. The van der Waals surface area contributed by atoms with Crippen molar-refractivity contribution in [2.24, 2.45) is 0 Å². The highest BCUT2D eigenvalue weighted by atomic mass is 19.1.